The highest BCUT2D eigenvalue weighted by Gasteiger charge is 2.25. The summed E-state index contributed by atoms with van der Waals surface area (Å²) in [5, 5.41) is 0.472. The van der Waals surface area contributed by atoms with Crippen LogP contribution >= 0.6 is 11.3 Å². The molecule has 2 heterocycles. The molecule has 1 atom stereocenters. The Hall–Kier alpha value is -2.51. The molecule has 0 radical (unpaired) electrons. The van der Waals surface area contributed by atoms with Gasteiger partial charge in [-0.2, -0.15) is 0 Å². The number of carbonyl (C=O) groups excluding carboxylic acids is 1. The second kappa shape index (κ2) is 7.48. The zero-order valence-corrected chi connectivity index (χ0v) is 17.1. The number of benzene rings is 1. The number of aromatic amines is 1. The van der Waals surface area contributed by atoms with Crippen molar-refractivity contribution in [3.05, 3.63) is 62.0 Å². The largest absolute Gasteiger partial charge is 0.465 e. The van der Waals surface area contributed by atoms with E-state index >= 15 is 0 Å². The molecule has 146 valence electrons. The first kappa shape index (κ1) is 18.8. The molecule has 3 aromatic rings. The molecular weight excluding hydrogens is 374 g/mol. The number of hydrogen-bond donors (Lipinski definition) is 1. The number of ether oxygens (including phenoxy) is 1. The number of thiophene rings is 1. The number of aromatic nitrogens is 2. The fraction of sp³-hybridized carbons (Fsp3) is 0.381. The molecule has 28 heavy (non-hydrogen) atoms. The van der Waals surface area contributed by atoms with E-state index in [4.69, 9.17) is 4.74 Å². The predicted molar refractivity (Wildman–Crippen MR) is 110 cm³/mol. The summed E-state index contributed by atoms with van der Waals surface area (Å²) in [6, 6.07) is 8.87. The first-order valence-corrected chi connectivity index (χ1v) is 10.2. The lowest BCUT2D eigenvalue weighted by Crippen LogP contribution is -2.29. The molecule has 0 bridgehead atoms. The summed E-state index contributed by atoms with van der Waals surface area (Å²) in [6.45, 7) is 2.29. The minimum Gasteiger partial charge on any atom is -0.465 e. The van der Waals surface area contributed by atoms with Crippen LogP contribution in [0.2, 0.25) is 0 Å². The van der Waals surface area contributed by atoms with Crippen LogP contribution in [-0.2, 0) is 17.7 Å². The minimum atomic E-state index is -0.433. The molecule has 0 saturated carbocycles. The van der Waals surface area contributed by atoms with Crippen LogP contribution in [0, 0.1) is 6.92 Å². The van der Waals surface area contributed by atoms with Crippen molar-refractivity contribution in [1.82, 2.24) is 14.9 Å². The van der Waals surface area contributed by atoms with Gasteiger partial charge in [0.05, 0.1) is 19.0 Å². The highest BCUT2D eigenvalue weighted by atomic mass is 32.1. The molecular formula is C21H23N3O3S. The van der Waals surface area contributed by atoms with Crippen LogP contribution < -0.4 is 5.56 Å². The maximum Gasteiger partial charge on any atom is 0.348 e. The molecule has 1 N–H and O–H groups in total. The molecule has 0 spiro atoms. The second-order valence-electron chi connectivity index (χ2n) is 7.26. The van der Waals surface area contributed by atoms with Gasteiger partial charge in [0.25, 0.3) is 5.56 Å². The summed E-state index contributed by atoms with van der Waals surface area (Å²) in [4.78, 5) is 35.4. The standard InChI is InChI=1S/C21H23N3O3S/c1-12-17-19(25)22-16(23-20(17)28-18(12)21(26)27-3)11-24(2)15-10-6-8-13-7-4-5-9-14(13)15/h4-5,7,9,15H,6,8,10-11H2,1-3H3,(H,22,23,25). The Bertz CT molecular complexity index is 1100. The molecule has 1 aliphatic rings. The van der Waals surface area contributed by atoms with Crippen LogP contribution in [0.25, 0.3) is 10.2 Å². The summed E-state index contributed by atoms with van der Waals surface area (Å²) in [5.74, 6) is 0.179. The Balaban J connectivity index is 1.65. The predicted octanol–water partition coefficient (Wildman–Crippen LogP) is 3.59. The molecule has 0 fully saturated rings. The van der Waals surface area contributed by atoms with E-state index in [0.29, 0.717) is 39.1 Å². The number of fused-ring (bicyclic) bond motifs is 2. The SMILES string of the molecule is COC(=O)c1sc2nc(CN(C)C3CCCc4ccccc43)[nH]c(=O)c2c1C. The van der Waals surface area contributed by atoms with Crippen molar-refractivity contribution in [3.8, 4) is 0 Å². The van der Waals surface area contributed by atoms with Gasteiger partial charge in [-0.3, -0.25) is 9.69 Å². The number of hydrogen-bond acceptors (Lipinski definition) is 6. The topological polar surface area (TPSA) is 75.3 Å². The smallest absolute Gasteiger partial charge is 0.348 e. The first-order chi connectivity index (χ1) is 13.5. The fourth-order valence-corrected chi connectivity index (χ4v) is 5.20. The van der Waals surface area contributed by atoms with Crippen LogP contribution in [0.3, 0.4) is 0 Å². The van der Waals surface area contributed by atoms with E-state index in [-0.39, 0.29) is 5.56 Å². The third-order valence-corrected chi connectivity index (χ3v) is 6.66. The highest BCUT2D eigenvalue weighted by molar-refractivity contribution is 7.20. The monoisotopic (exact) mass is 397 g/mol. The van der Waals surface area contributed by atoms with Crippen LogP contribution in [0.1, 0.15) is 51.1 Å². The zero-order valence-electron chi connectivity index (χ0n) is 16.2. The lowest BCUT2D eigenvalue weighted by atomic mass is 9.87. The molecule has 0 amide bonds. The molecule has 7 heteroatoms. The van der Waals surface area contributed by atoms with E-state index in [0.717, 1.165) is 19.3 Å². The van der Waals surface area contributed by atoms with Crippen LogP contribution in [0.4, 0.5) is 0 Å². The third-order valence-electron chi connectivity index (χ3n) is 5.49. The van der Waals surface area contributed by atoms with Crippen LogP contribution in [-0.4, -0.2) is 35.0 Å². The number of methoxy groups -OCH3 is 1. The molecule has 1 aliphatic carbocycles. The van der Waals surface area contributed by atoms with Gasteiger partial charge < -0.3 is 9.72 Å². The van der Waals surface area contributed by atoms with E-state index in [1.54, 1.807) is 6.92 Å². The molecule has 6 nitrogen and oxygen atoms in total. The average molecular weight is 398 g/mol. The Morgan fingerprint density at radius 1 is 1.39 bits per heavy atom. The second-order valence-corrected chi connectivity index (χ2v) is 8.26. The maximum atomic E-state index is 12.6. The Morgan fingerprint density at radius 3 is 2.96 bits per heavy atom. The van der Waals surface area contributed by atoms with Crippen molar-refractivity contribution in [3.63, 3.8) is 0 Å². The van der Waals surface area contributed by atoms with Crippen molar-refractivity contribution in [2.75, 3.05) is 14.2 Å². The Kier molecular flexibility index (Phi) is 5.03. The average Bonchev–Trinajstić information content (AvgIpc) is 3.03. The van der Waals surface area contributed by atoms with E-state index in [1.165, 1.54) is 29.6 Å². The van der Waals surface area contributed by atoms with Gasteiger partial charge in [-0.1, -0.05) is 24.3 Å². The summed E-state index contributed by atoms with van der Waals surface area (Å²) in [6.07, 6.45) is 3.36. The quantitative estimate of drug-likeness (QED) is 0.681. The number of rotatable bonds is 4. The summed E-state index contributed by atoms with van der Waals surface area (Å²) in [7, 11) is 3.41. The van der Waals surface area contributed by atoms with Crippen molar-refractivity contribution in [2.45, 2.75) is 38.8 Å². The van der Waals surface area contributed by atoms with E-state index in [1.807, 2.05) is 0 Å². The first-order valence-electron chi connectivity index (χ1n) is 9.38. The molecule has 2 aromatic heterocycles. The highest BCUT2D eigenvalue weighted by Crippen LogP contribution is 2.34. The van der Waals surface area contributed by atoms with E-state index in [2.05, 4.69) is 46.2 Å². The summed E-state index contributed by atoms with van der Waals surface area (Å²) >= 11 is 1.21. The van der Waals surface area contributed by atoms with Crippen molar-refractivity contribution >= 4 is 27.5 Å². The number of H-pyrrole nitrogens is 1. The zero-order chi connectivity index (χ0) is 19.8. The molecule has 1 aromatic carbocycles. The fourth-order valence-electron chi connectivity index (χ4n) is 4.08. The third kappa shape index (κ3) is 3.25. The number of nitrogens with one attached hydrogen (secondary N) is 1. The van der Waals surface area contributed by atoms with Crippen LogP contribution in [0.5, 0.6) is 0 Å². The van der Waals surface area contributed by atoms with Gasteiger partial charge in [0.1, 0.15) is 15.5 Å². The van der Waals surface area contributed by atoms with Gasteiger partial charge in [-0.25, -0.2) is 9.78 Å². The number of carbonyl (C=O) groups is 1. The van der Waals surface area contributed by atoms with Gasteiger partial charge in [0, 0.05) is 6.04 Å². The summed E-state index contributed by atoms with van der Waals surface area (Å²) in [5.41, 5.74) is 3.18. The van der Waals surface area contributed by atoms with E-state index < -0.39 is 5.97 Å². The van der Waals surface area contributed by atoms with Gasteiger partial charge >= 0.3 is 5.97 Å². The Morgan fingerprint density at radius 2 is 2.18 bits per heavy atom. The van der Waals surface area contributed by atoms with Gasteiger partial charge in [0.15, 0.2) is 0 Å². The van der Waals surface area contributed by atoms with Gasteiger partial charge in [-0.15, -0.1) is 11.3 Å². The van der Waals surface area contributed by atoms with Crippen molar-refractivity contribution < 1.29 is 9.53 Å². The summed E-state index contributed by atoms with van der Waals surface area (Å²) < 4.78 is 4.82. The number of aryl methyl sites for hydroxylation is 2. The number of esters is 1. The lowest BCUT2D eigenvalue weighted by molar-refractivity contribution is 0.0605. The lowest BCUT2D eigenvalue weighted by Gasteiger charge is -2.33. The van der Waals surface area contributed by atoms with Gasteiger partial charge in [0.2, 0.25) is 0 Å². The van der Waals surface area contributed by atoms with Crippen molar-refractivity contribution in [2.24, 2.45) is 0 Å². The number of nitrogens with zero attached hydrogens (tertiary/aromatic N) is 2. The minimum absolute atomic E-state index is 0.207. The van der Waals surface area contributed by atoms with Gasteiger partial charge in [-0.05, 0) is 49.9 Å². The normalized spacial score (nSPS) is 16.4. The maximum absolute atomic E-state index is 12.6. The van der Waals surface area contributed by atoms with E-state index in [9.17, 15) is 9.59 Å². The molecule has 4 rings (SSSR count). The molecule has 0 saturated heterocycles. The van der Waals surface area contributed by atoms with Crippen LogP contribution in [0.15, 0.2) is 29.1 Å². The Labute approximate surface area is 167 Å². The van der Waals surface area contributed by atoms with Crippen molar-refractivity contribution in [1.29, 1.82) is 0 Å². The molecule has 1 unspecified atom stereocenters. The molecule has 0 aliphatic heterocycles.